The van der Waals surface area contributed by atoms with Gasteiger partial charge < -0.3 is 5.11 Å². The molecule has 1 N–H and O–H groups in total. The van der Waals surface area contributed by atoms with Crippen molar-refractivity contribution in [3.63, 3.8) is 0 Å². The van der Waals surface area contributed by atoms with Crippen molar-refractivity contribution >= 4 is 0 Å². The van der Waals surface area contributed by atoms with Gasteiger partial charge in [0, 0.05) is 0 Å². The molecule has 0 aromatic heterocycles. The third-order valence-electron chi connectivity index (χ3n) is 3.46. The number of aryl methyl sites for hydroxylation is 2. The fraction of sp³-hybridized carbons (Fsp3) is 0.500. The van der Waals surface area contributed by atoms with E-state index >= 15 is 0 Å². The molecule has 1 heterocycles. The molecule has 17 heavy (non-hydrogen) atoms. The number of hydrogen-bond acceptors (Lipinski definition) is 3. The van der Waals surface area contributed by atoms with E-state index in [1.165, 1.54) is 12.8 Å². The van der Waals surface area contributed by atoms with Gasteiger partial charge in [-0.3, -0.25) is 4.90 Å². The van der Waals surface area contributed by atoms with Gasteiger partial charge in [0.25, 0.3) is 0 Å². The molecule has 1 aromatic carbocycles. The normalized spacial score (nSPS) is 17.9. The molecule has 0 radical (unpaired) electrons. The number of benzene rings is 1. The first-order valence-electron chi connectivity index (χ1n) is 6.07. The zero-order valence-corrected chi connectivity index (χ0v) is 10.4. The molecule has 1 saturated heterocycles. The molecule has 1 fully saturated rings. The molecule has 3 nitrogen and oxygen atoms in total. The van der Waals surface area contributed by atoms with Crippen LogP contribution >= 0.6 is 0 Å². The highest BCUT2D eigenvalue weighted by Gasteiger charge is 2.23. The molecule has 0 aliphatic carbocycles. The van der Waals surface area contributed by atoms with Gasteiger partial charge in [-0.1, -0.05) is 0 Å². The quantitative estimate of drug-likeness (QED) is 0.849. The van der Waals surface area contributed by atoms with Crippen molar-refractivity contribution in [2.45, 2.75) is 32.7 Å². The van der Waals surface area contributed by atoms with Gasteiger partial charge in [-0.05, 0) is 68.6 Å². The lowest BCUT2D eigenvalue weighted by Gasteiger charge is -2.22. The minimum Gasteiger partial charge on any atom is -0.507 e. The van der Waals surface area contributed by atoms with E-state index in [4.69, 9.17) is 0 Å². The molecule has 0 saturated carbocycles. The van der Waals surface area contributed by atoms with Crippen LogP contribution in [0, 0.1) is 25.2 Å². The van der Waals surface area contributed by atoms with Crippen molar-refractivity contribution in [2.75, 3.05) is 13.1 Å². The highest BCUT2D eigenvalue weighted by Crippen LogP contribution is 2.30. The molecule has 0 amide bonds. The van der Waals surface area contributed by atoms with E-state index in [1.54, 1.807) is 0 Å². The molecular weight excluding hydrogens is 212 g/mol. The zero-order valence-electron chi connectivity index (χ0n) is 10.4. The van der Waals surface area contributed by atoms with Gasteiger partial charge in [-0.2, -0.15) is 5.26 Å². The molecule has 1 unspecified atom stereocenters. The Morgan fingerprint density at radius 2 is 1.76 bits per heavy atom. The number of nitriles is 1. The minimum atomic E-state index is -0.171. The lowest BCUT2D eigenvalue weighted by molar-refractivity contribution is 0.294. The highest BCUT2D eigenvalue weighted by atomic mass is 16.3. The molecule has 0 bridgehead atoms. The molecule has 0 spiro atoms. The Morgan fingerprint density at radius 3 is 2.24 bits per heavy atom. The van der Waals surface area contributed by atoms with Crippen LogP contribution < -0.4 is 0 Å². The number of hydrogen-bond donors (Lipinski definition) is 1. The Bertz CT molecular complexity index is 433. The van der Waals surface area contributed by atoms with Crippen LogP contribution in [0.15, 0.2) is 12.1 Å². The van der Waals surface area contributed by atoms with Gasteiger partial charge in [-0.15, -0.1) is 0 Å². The highest BCUT2D eigenvalue weighted by molar-refractivity contribution is 5.44. The van der Waals surface area contributed by atoms with Crippen LogP contribution in [0.2, 0.25) is 0 Å². The van der Waals surface area contributed by atoms with E-state index in [0.29, 0.717) is 5.75 Å². The van der Waals surface area contributed by atoms with Crippen LogP contribution in [0.5, 0.6) is 5.75 Å². The third kappa shape index (κ3) is 2.27. The number of aromatic hydroxyl groups is 1. The second-order valence-electron chi connectivity index (χ2n) is 4.78. The maximum absolute atomic E-state index is 9.75. The van der Waals surface area contributed by atoms with Gasteiger partial charge in [0.1, 0.15) is 11.8 Å². The first-order chi connectivity index (χ1) is 8.13. The van der Waals surface area contributed by atoms with Gasteiger partial charge in [0.2, 0.25) is 0 Å². The summed E-state index contributed by atoms with van der Waals surface area (Å²) in [7, 11) is 0. The van der Waals surface area contributed by atoms with Crippen molar-refractivity contribution in [1.29, 1.82) is 5.26 Å². The van der Waals surface area contributed by atoms with Crippen molar-refractivity contribution in [3.05, 3.63) is 28.8 Å². The average Bonchev–Trinajstić information content (AvgIpc) is 2.80. The maximum Gasteiger partial charge on any atom is 0.123 e. The average molecular weight is 230 g/mol. The summed E-state index contributed by atoms with van der Waals surface area (Å²) in [4.78, 5) is 2.21. The van der Waals surface area contributed by atoms with Crippen molar-refractivity contribution in [2.24, 2.45) is 0 Å². The Kier molecular flexibility index (Phi) is 3.35. The Morgan fingerprint density at radius 1 is 1.24 bits per heavy atom. The monoisotopic (exact) mass is 230 g/mol. The summed E-state index contributed by atoms with van der Waals surface area (Å²) in [6.07, 6.45) is 2.35. The molecule has 1 aromatic rings. The Hall–Kier alpha value is -1.53. The van der Waals surface area contributed by atoms with Crippen molar-refractivity contribution in [1.82, 2.24) is 4.90 Å². The van der Waals surface area contributed by atoms with E-state index in [-0.39, 0.29) is 6.04 Å². The molecule has 1 aliphatic rings. The molecule has 90 valence electrons. The number of phenolic OH excluding ortho intramolecular Hbond substituents is 1. The second kappa shape index (κ2) is 4.77. The van der Waals surface area contributed by atoms with Crippen molar-refractivity contribution < 1.29 is 5.11 Å². The van der Waals surface area contributed by atoms with Crippen LogP contribution in [0.4, 0.5) is 0 Å². The molecule has 2 rings (SSSR count). The Labute approximate surface area is 102 Å². The van der Waals surface area contributed by atoms with Crippen LogP contribution in [0.25, 0.3) is 0 Å². The maximum atomic E-state index is 9.75. The number of likely N-dealkylation sites (tertiary alicyclic amines) is 1. The van der Waals surface area contributed by atoms with E-state index in [2.05, 4.69) is 11.0 Å². The minimum absolute atomic E-state index is 0.171. The molecule has 3 heteroatoms. The molecule has 1 atom stereocenters. The van der Waals surface area contributed by atoms with Crippen LogP contribution in [0.3, 0.4) is 0 Å². The predicted octanol–water partition coefficient (Wildman–Crippen LogP) is 2.67. The largest absolute Gasteiger partial charge is 0.507 e. The standard InChI is InChI=1S/C14H18N2O/c1-10-7-12(8-11(2)14(10)17)13(9-15)16-5-3-4-6-16/h7-8,13,17H,3-6H2,1-2H3. The number of nitrogens with zero attached hydrogens (tertiary/aromatic N) is 2. The van der Waals surface area contributed by atoms with Crippen LogP contribution in [-0.4, -0.2) is 23.1 Å². The van der Waals surface area contributed by atoms with E-state index in [0.717, 1.165) is 29.8 Å². The Balaban J connectivity index is 2.34. The zero-order chi connectivity index (χ0) is 12.4. The predicted molar refractivity (Wildman–Crippen MR) is 66.7 cm³/mol. The van der Waals surface area contributed by atoms with Gasteiger partial charge in [0.05, 0.1) is 6.07 Å². The number of phenols is 1. The first kappa shape index (κ1) is 11.9. The van der Waals surface area contributed by atoms with Gasteiger partial charge in [-0.25, -0.2) is 0 Å². The van der Waals surface area contributed by atoms with E-state index in [9.17, 15) is 10.4 Å². The van der Waals surface area contributed by atoms with E-state index < -0.39 is 0 Å². The van der Waals surface area contributed by atoms with Gasteiger partial charge in [0.15, 0.2) is 0 Å². The van der Waals surface area contributed by atoms with Crippen LogP contribution in [0.1, 0.15) is 35.6 Å². The lowest BCUT2D eigenvalue weighted by atomic mass is 10.00. The molecule has 1 aliphatic heterocycles. The summed E-state index contributed by atoms with van der Waals surface area (Å²) in [6.45, 7) is 5.75. The summed E-state index contributed by atoms with van der Waals surface area (Å²) in [5.74, 6) is 0.340. The topological polar surface area (TPSA) is 47.3 Å². The summed E-state index contributed by atoms with van der Waals surface area (Å²) in [6, 6.07) is 6.06. The first-order valence-corrected chi connectivity index (χ1v) is 6.07. The fourth-order valence-electron chi connectivity index (χ4n) is 2.51. The summed E-state index contributed by atoms with van der Waals surface area (Å²) < 4.78 is 0. The van der Waals surface area contributed by atoms with Crippen LogP contribution in [-0.2, 0) is 0 Å². The van der Waals surface area contributed by atoms with Crippen molar-refractivity contribution in [3.8, 4) is 11.8 Å². The number of rotatable bonds is 2. The van der Waals surface area contributed by atoms with Gasteiger partial charge >= 0.3 is 0 Å². The SMILES string of the molecule is Cc1cc(C(C#N)N2CCCC2)cc(C)c1O. The summed E-state index contributed by atoms with van der Waals surface area (Å²) in [5.41, 5.74) is 2.70. The summed E-state index contributed by atoms with van der Waals surface area (Å²) >= 11 is 0. The fourth-order valence-corrected chi connectivity index (χ4v) is 2.51. The third-order valence-corrected chi connectivity index (χ3v) is 3.46. The lowest BCUT2D eigenvalue weighted by Crippen LogP contribution is -2.24. The second-order valence-corrected chi connectivity index (χ2v) is 4.78. The smallest absolute Gasteiger partial charge is 0.123 e. The molecular formula is C14H18N2O. The van der Waals surface area contributed by atoms with E-state index in [1.807, 2.05) is 26.0 Å². The summed E-state index contributed by atoms with van der Waals surface area (Å²) in [5, 5.41) is 19.1.